The fourth-order valence-electron chi connectivity index (χ4n) is 4.18. The Kier molecular flexibility index (Phi) is 2.73. The molecule has 0 aromatic rings. The number of hydrogen-bond donors (Lipinski definition) is 1. The van der Waals surface area contributed by atoms with E-state index in [9.17, 15) is 0 Å². The molecule has 1 fully saturated rings. The van der Waals surface area contributed by atoms with E-state index in [4.69, 9.17) is 5.73 Å². The highest BCUT2D eigenvalue weighted by atomic mass is 14.9. The van der Waals surface area contributed by atoms with Crippen LogP contribution in [0.3, 0.4) is 0 Å². The van der Waals surface area contributed by atoms with E-state index in [0.29, 0.717) is 11.3 Å². The van der Waals surface area contributed by atoms with E-state index in [-0.39, 0.29) is 11.0 Å². The summed E-state index contributed by atoms with van der Waals surface area (Å²) in [5.74, 6) is 0.635. The van der Waals surface area contributed by atoms with Crippen LogP contribution in [0, 0.1) is 16.7 Å². The van der Waals surface area contributed by atoms with E-state index in [0.717, 1.165) is 0 Å². The van der Waals surface area contributed by atoms with Gasteiger partial charge in [0.15, 0.2) is 0 Å². The number of nitrogens with two attached hydrogens (primary N) is 1. The predicted octanol–water partition coefficient (Wildman–Crippen LogP) is 3.89. The van der Waals surface area contributed by atoms with Crippen LogP contribution in [0.4, 0.5) is 0 Å². The van der Waals surface area contributed by atoms with E-state index in [1.807, 2.05) is 0 Å². The van der Waals surface area contributed by atoms with E-state index in [2.05, 4.69) is 39.8 Å². The summed E-state index contributed by atoms with van der Waals surface area (Å²) in [7, 11) is 0. The second-order valence-electron chi connectivity index (χ2n) is 6.85. The molecule has 0 heterocycles. The minimum Gasteiger partial charge on any atom is -0.324 e. The Hall–Kier alpha value is -0.300. The van der Waals surface area contributed by atoms with Gasteiger partial charge in [-0.1, -0.05) is 39.3 Å². The van der Waals surface area contributed by atoms with Crippen LogP contribution < -0.4 is 5.73 Å². The van der Waals surface area contributed by atoms with Gasteiger partial charge in [-0.3, -0.25) is 0 Å². The van der Waals surface area contributed by atoms with Crippen molar-refractivity contribution in [3.8, 4) is 0 Å². The van der Waals surface area contributed by atoms with Gasteiger partial charge >= 0.3 is 0 Å². The molecular weight excluding hydrogens is 194 g/mol. The van der Waals surface area contributed by atoms with Crippen LogP contribution >= 0.6 is 0 Å². The van der Waals surface area contributed by atoms with Crippen molar-refractivity contribution in [2.24, 2.45) is 22.5 Å². The number of allylic oxidation sites excluding steroid dienone is 2. The average molecular weight is 221 g/mol. The van der Waals surface area contributed by atoms with Gasteiger partial charge < -0.3 is 5.73 Å². The molecule has 1 spiro atoms. The van der Waals surface area contributed by atoms with Gasteiger partial charge in [-0.05, 0) is 49.4 Å². The first-order valence-corrected chi connectivity index (χ1v) is 6.79. The van der Waals surface area contributed by atoms with Crippen LogP contribution in [0.5, 0.6) is 0 Å². The zero-order chi connectivity index (χ0) is 12.0. The third kappa shape index (κ3) is 1.40. The molecule has 0 aromatic carbocycles. The lowest BCUT2D eigenvalue weighted by atomic mass is 9.46. The Morgan fingerprint density at radius 3 is 2.44 bits per heavy atom. The molecule has 0 radical (unpaired) electrons. The molecule has 1 heteroatoms. The van der Waals surface area contributed by atoms with Crippen molar-refractivity contribution in [3.63, 3.8) is 0 Å². The van der Waals surface area contributed by atoms with Gasteiger partial charge in [0, 0.05) is 5.54 Å². The molecular formula is C15H27N. The molecule has 16 heavy (non-hydrogen) atoms. The van der Waals surface area contributed by atoms with Crippen molar-refractivity contribution in [2.45, 2.75) is 65.3 Å². The Morgan fingerprint density at radius 2 is 1.81 bits per heavy atom. The third-order valence-electron chi connectivity index (χ3n) is 5.92. The summed E-state index contributed by atoms with van der Waals surface area (Å²) in [6, 6.07) is 0. The molecule has 1 nitrogen and oxygen atoms in total. The fourth-order valence-corrected chi connectivity index (χ4v) is 4.18. The maximum Gasteiger partial charge on any atom is 0.0240 e. The molecule has 0 aromatic heterocycles. The topological polar surface area (TPSA) is 26.0 Å². The highest BCUT2D eigenvalue weighted by Gasteiger charge is 2.57. The zero-order valence-corrected chi connectivity index (χ0v) is 11.3. The molecule has 3 atom stereocenters. The van der Waals surface area contributed by atoms with Gasteiger partial charge in [0.2, 0.25) is 0 Å². The summed E-state index contributed by atoms with van der Waals surface area (Å²) in [6.45, 7) is 9.39. The van der Waals surface area contributed by atoms with E-state index in [1.54, 1.807) is 0 Å². The van der Waals surface area contributed by atoms with Crippen molar-refractivity contribution in [1.82, 2.24) is 0 Å². The van der Waals surface area contributed by atoms with Crippen molar-refractivity contribution in [3.05, 3.63) is 12.2 Å². The van der Waals surface area contributed by atoms with Crippen molar-refractivity contribution in [1.29, 1.82) is 0 Å². The van der Waals surface area contributed by atoms with Gasteiger partial charge in [-0.15, -0.1) is 0 Å². The Bertz CT molecular complexity index is 301. The molecule has 2 rings (SSSR count). The van der Waals surface area contributed by atoms with Crippen LogP contribution in [0.1, 0.15) is 59.8 Å². The molecule has 0 amide bonds. The van der Waals surface area contributed by atoms with Crippen LogP contribution in [-0.2, 0) is 0 Å². The summed E-state index contributed by atoms with van der Waals surface area (Å²) in [5.41, 5.74) is 7.39. The average Bonchev–Trinajstić information content (AvgIpc) is 2.18. The Morgan fingerprint density at radius 1 is 1.12 bits per heavy atom. The highest BCUT2D eigenvalue weighted by molar-refractivity contribution is 5.17. The lowest BCUT2D eigenvalue weighted by Gasteiger charge is -2.61. The van der Waals surface area contributed by atoms with Crippen molar-refractivity contribution in [2.75, 3.05) is 0 Å². The van der Waals surface area contributed by atoms with Crippen LogP contribution in [0.2, 0.25) is 0 Å². The van der Waals surface area contributed by atoms with Crippen LogP contribution in [0.25, 0.3) is 0 Å². The predicted molar refractivity (Wildman–Crippen MR) is 70.2 cm³/mol. The Balaban J connectivity index is 2.43. The van der Waals surface area contributed by atoms with Gasteiger partial charge in [0.25, 0.3) is 0 Å². The quantitative estimate of drug-likeness (QED) is 0.617. The molecule has 0 aliphatic heterocycles. The van der Waals surface area contributed by atoms with Crippen molar-refractivity contribution < 1.29 is 0 Å². The summed E-state index contributed by atoms with van der Waals surface area (Å²) < 4.78 is 0. The van der Waals surface area contributed by atoms with E-state index < -0.39 is 0 Å². The molecule has 0 saturated heterocycles. The van der Waals surface area contributed by atoms with E-state index in [1.165, 1.54) is 32.1 Å². The summed E-state index contributed by atoms with van der Waals surface area (Å²) in [4.78, 5) is 0. The zero-order valence-electron chi connectivity index (χ0n) is 11.3. The molecule has 2 N–H and O–H groups in total. The maximum absolute atomic E-state index is 6.82. The normalized spacial score (nSPS) is 47.2. The van der Waals surface area contributed by atoms with Gasteiger partial charge in [0.05, 0.1) is 0 Å². The standard InChI is InChI=1S/C15H27N/c1-12-8-5-6-10-15(12)11-7-9-13(2,3)14(15,4)16/h5,8,12H,6-7,9-11,16H2,1-4H3/t12-,14?,15?/m0/s1. The minimum absolute atomic E-state index is 0.0393. The van der Waals surface area contributed by atoms with Gasteiger partial charge in [0.1, 0.15) is 0 Å². The largest absolute Gasteiger partial charge is 0.324 e. The SMILES string of the molecule is C[C@H]1C=CCCC12CCCC(C)(C)C2(C)N. The molecule has 2 unspecified atom stereocenters. The lowest BCUT2D eigenvalue weighted by molar-refractivity contribution is -0.0605. The first-order chi connectivity index (χ1) is 7.33. The Labute approximate surface area is 100 Å². The molecule has 1 saturated carbocycles. The number of rotatable bonds is 0. The minimum atomic E-state index is -0.0393. The smallest absolute Gasteiger partial charge is 0.0240 e. The van der Waals surface area contributed by atoms with Crippen LogP contribution in [0.15, 0.2) is 12.2 Å². The first-order valence-electron chi connectivity index (χ1n) is 6.79. The summed E-state index contributed by atoms with van der Waals surface area (Å²) in [5, 5.41) is 0. The molecule has 0 bridgehead atoms. The first kappa shape index (κ1) is 12.2. The second-order valence-corrected chi connectivity index (χ2v) is 6.85. The lowest BCUT2D eigenvalue weighted by Crippen LogP contribution is -2.66. The highest BCUT2D eigenvalue weighted by Crippen LogP contribution is 2.59. The maximum atomic E-state index is 6.82. The molecule has 2 aliphatic carbocycles. The molecule has 2 aliphatic rings. The number of hydrogen-bond acceptors (Lipinski definition) is 1. The van der Waals surface area contributed by atoms with Gasteiger partial charge in [-0.2, -0.15) is 0 Å². The van der Waals surface area contributed by atoms with Crippen molar-refractivity contribution >= 4 is 0 Å². The fraction of sp³-hybridized carbons (Fsp3) is 0.867. The second kappa shape index (κ2) is 3.60. The monoisotopic (exact) mass is 221 g/mol. The molecule has 92 valence electrons. The summed E-state index contributed by atoms with van der Waals surface area (Å²) in [6.07, 6.45) is 11.2. The van der Waals surface area contributed by atoms with Gasteiger partial charge in [-0.25, -0.2) is 0 Å². The third-order valence-corrected chi connectivity index (χ3v) is 5.92. The van der Waals surface area contributed by atoms with Crippen LogP contribution in [-0.4, -0.2) is 5.54 Å². The summed E-state index contributed by atoms with van der Waals surface area (Å²) >= 11 is 0. The van der Waals surface area contributed by atoms with E-state index >= 15 is 0 Å².